The number of benzene rings is 1. The third-order valence-electron chi connectivity index (χ3n) is 3.95. The normalized spacial score (nSPS) is 16.4. The highest BCUT2D eigenvalue weighted by molar-refractivity contribution is 5.55. The maximum Gasteiger partial charge on any atom is 0.241 e. The highest BCUT2D eigenvalue weighted by Gasteiger charge is 2.14. The minimum Gasteiger partial charge on any atom is -0.494 e. The number of nitrogens with zero attached hydrogens (tertiary/aromatic N) is 3. The van der Waals surface area contributed by atoms with Gasteiger partial charge in [0, 0.05) is 5.56 Å². The van der Waals surface area contributed by atoms with Crippen LogP contribution in [-0.4, -0.2) is 34.7 Å². The molecule has 1 aromatic carbocycles. The Labute approximate surface area is 131 Å². The van der Waals surface area contributed by atoms with Crippen LogP contribution in [0, 0.1) is 0 Å². The standard InChI is InChI=1S/C17H23N3O2/c1-2-21-15-9-7-14(8-10-15)17-18-16(22-19-17)13-20-11-5-3-4-6-12-20/h7-10H,2-6,11-13H2,1H3. The highest BCUT2D eigenvalue weighted by Crippen LogP contribution is 2.20. The Morgan fingerprint density at radius 2 is 1.82 bits per heavy atom. The van der Waals surface area contributed by atoms with Crippen molar-refractivity contribution in [3.63, 3.8) is 0 Å². The fourth-order valence-electron chi connectivity index (χ4n) is 2.79. The van der Waals surface area contributed by atoms with Gasteiger partial charge in [-0.25, -0.2) is 0 Å². The average molecular weight is 301 g/mol. The Bertz CT molecular complexity index is 572. The average Bonchev–Trinajstić information content (AvgIpc) is 2.84. The summed E-state index contributed by atoms with van der Waals surface area (Å²) in [5, 5.41) is 4.10. The van der Waals surface area contributed by atoms with E-state index >= 15 is 0 Å². The molecule has 22 heavy (non-hydrogen) atoms. The van der Waals surface area contributed by atoms with E-state index < -0.39 is 0 Å². The van der Waals surface area contributed by atoms with Crippen LogP contribution in [-0.2, 0) is 6.54 Å². The maximum atomic E-state index is 5.44. The molecule has 1 aliphatic heterocycles. The summed E-state index contributed by atoms with van der Waals surface area (Å²) in [4.78, 5) is 6.93. The molecular weight excluding hydrogens is 278 g/mol. The van der Waals surface area contributed by atoms with Crippen molar-refractivity contribution in [2.45, 2.75) is 39.2 Å². The van der Waals surface area contributed by atoms with Gasteiger partial charge in [0.15, 0.2) is 0 Å². The first-order chi connectivity index (χ1) is 10.8. The molecule has 2 aromatic rings. The topological polar surface area (TPSA) is 51.4 Å². The summed E-state index contributed by atoms with van der Waals surface area (Å²) in [6, 6.07) is 7.80. The summed E-state index contributed by atoms with van der Waals surface area (Å²) < 4.78 is 10.8. The number of hydrogen-bond acceptors (Lipinski definition) is 5. The zero-order valence-electron chi connectivity index (χ0n) is 13.1. The predicted octanol–water partition coefficient (Wildman–Crippen LogP) is 3.51. The van der Waals surface area contributed by atoms with Crippen LogP contribution in [0.4, 0.5) is 0 Å². The third kappa shape index (κ3) is 3.85. The van der Waals surface area contributed by atoms with Gasteiger partial charge in [-0.05, 0) is 57.1 Å². The van der Waals surface area contributed by atoms with Gasteiger partial charge in [0.1, 0.15) is 5.75 Å². The first-order valence-electron chi connectivity index (χ1n) is 8.13. The van der Waals surface area contributed by atoms with Gasteiger partial charge in [-0.2, -0.15) is 4.98 Å². The molecule has 1 saturated heterocycles. The minimum absolute atomic E-state index is 0.646. The number of aromatic nitrogens is 2. The highest BCUT2D eigenvalue weighted by atomic mass is 16.5. The molecule has 2 heterocycles. The van der Waals surface area contributed by atoms with Gasteiger partial charge in [0.25, 0.3) is 0 Å². The van der Waals surface area contributed by atoms with Crippen molar-refractivity contribution in [3.05, 3.63) is 30.2 Å². The minimum atomic E-state index is 0.646. The van der Waals surface area contributed by atoms with Crippen LogP contribution in [0.1, 0.15) is 38.5 Å². The molecule has 0 saturated carbocycles. The molecule has 118 valence electrons. The van der Waals surface area contributed by atoms with Crippen molar-refractivity contribution < 1.29 is 9.26 Å². The van der Waals surface area contributed by atoms with Crippen molar-refractivity contribution >= 4 is 0 Å². The van der Waals surface area contributed by atoms with E-state index in [0.717, 1.165) is 30.9 Å². The number of hydrogen-bond donors (Lipinski definition) is 0. The third-order valence-corrected chi connectivity index (χ3v) is 3.95. The van der Waals surface area contributed by atoms with Crippen LogP contribution in [0.5, 0.6) is 5.75 Å². The molecule has 0 atom stereocenters. The maximum absolute atomic E-state index is 5.44. The molecule has 0 aliphatic carbocycles. The van der Waals surface area contributed by atoms with Gasteiger partial charge >= 0.3 is 0 Å². The van der Waals surface area contributed by atoms with E-state index in [4.69, 9.17) is 9.26 Å². The second-order valence-corrected chi connectivity index (χ2v) is 5.66. The molecule has 5 heteroatoms. The first kappa shape index (κ1) is 15.0. The monoisotopic (exact) mass is 301 g/mol. The Balaban J connectivity index is 1.64. The van der Waals surface area contributed by atoms with E-state index in [1.807, 2.05) is 31.2 Å². The summed E-state index contributed by atoms with van der Waals surface area (Å²) >= 11 is 0. The van der Waals surface area contributed by atoms with Gasteiger partial charge in [-0.3, -0.25) is 4.90 Å². The number of likely N-dealkylation sites (tertiary alicyclic amines) is 1. The van der Waals surface area contributed by atoms with Crippen LogP contribution in [0.15, 0.2) is 28.8 Å². The summed E-state index contributed by atoms with van der Waals surface area (Å²) in [5.74, 6) is 2.21. The fraction of sp³-hybridized carbons (Fsp3) is 0.529. The predicted molar refractivity (Wildman–Crippen MR) is 84.6 cm³/mol. The Morgan fingerprint density at radius 3 is 2.50 bits per heavy atom. The lowest BCUT2D eigenvalue weighted by atomic mass is 10.2. The fourth-order valence-corrected chi connectivity index (χ4v) is 2.79. The molecule has 1 aromatic heterocycles. The lowest BCUT2D eigenvalue weighted by Gasteiger charge is -2.16. The summed E-state index contributed by atoms with van der Waals surface area (Å²) in [6.45, 7) is 5.65. The molecule has 1 fully saturated rings. The van der Waals surface area contributed by atoms with E-state index in [9.17, 15) is 0 Å². The second-order valence-electron chi connectivity index (χ2n) is 5.66. The smallest absolute Gasteiger partial charge is 0.241 e. The van der Waals surface area contributed by atoms with Crippen LogP contribution >= 0.6 is 0 Å². The molecule has 0 bridgehead atoms. The van der Waals surface area contributed by atoms with Gasteiger partial charge in [-0.1, -0.05) is 18.0 Å². The molecule has 3 rings (SSSR count). The largest absolute Gasteiger partial charge is 0.494 e. The molecule has 0 amide bonds. The zero-order valence-corrected chi connectivity index (χ0v) is 13.1. The Morgan fingerprint density at radius 1 is 1.09 bits per heavy atom. The lowest BCUT2D eigenvalue weighted by Crippen LogP contribution is -2.24. The summed E-state index contributed by atoms with van der Waals surface area (Å²) in [6.07, 6.45) is 5.19. The molecule has 1 aliphatic rings. The molecule has 0 N–H and O–H groups in total. The SMILES string of the molecule is CCOc1ccc(-c2noc(CN3CCCCCC3)n2)cc1. The summed E-state index contributed by atoms with van der Waals surface area (Å²) in [5.41, 5.74) is 0.953. The Kier molecular flexibility index (Phi) is 5.06. The van der Waals surface area contributed by atoms with Crippen LogP contribution in [0.25, 0.3) is 11.4 Å². The van der Waals surface area contributed by atoms with Crippen molar-refractivity contribution in [3.8, 4) is 17.1 Å². The van der Waals surface area contributed by atoms with Crippen molar-refractivity contribution in [2.75, 3.05) is 19.7 Å². The van der Waals surface area contributed by atoms with Gasteiger partial charge < -0.3 is 9.26 Å². The second kappa shape index (κ2) is 7.40. The van der Waals surface area contributed by atoms with Crippen molar-refractivity contribution in [1.29, 1.82) is 0 Å². The zero-order chi connectivity index (χ0) is 15.2. The van der Waals surface area contributed by atoms with E-state index in [0.29, 0.717) is 18.3 Å². The molecule has 0 unspecified atom stereocenters. The first-order valence-corrected chi connectivity index (χ1v) is 8.13. The molecule has 0 spiro atoms. The number of rotatable bonds is 5. The van der Waals surface area contributed by atoms with Crippen LogP contribution in [0.3, 0.4) is 0 Å². The molecule has 0 radical (unpaired) electrons. The molecular formula is C17H23N3O2. The van der Waals surface area contributed by atoms with Gasteiger partial charge in [0.2, 0.25) is 11.7 Å². The van der Waals surface area contributed by atoms with E-state index in [-0.39, 0.29) is 0 Å². The van der Waals surface area contributed by atoms with E-state index in [2.05, 4.69) is 15.0 Å². The van der Waals surface area contributed by atoms with Crippen LogP contribution in [0.2, 0.25) is 0 Å². The quantitative estimate of drug-likeness (QED) is 0.846. The summed E-state index contributed by atoms with van der Waals surface area (Å²) in [7, 11) is 0. The van der Waals surface area contributed by atoms with E-state index in [1.165, 1.54) is 25.7 Å². The van der Waals surface area contributed by atoms with Crippen molar-refractivity contribution in [2.24, 2.45) is 0 Å². The number of ether oxygens (including phenoxy) is 1. The molecule has 5 nitrogen and oxygen atoms in total. The lowest BCUT2D eigenvalue weighted by molar-refractivity contribution is 0.234. The van der Waals surface area contributed by atoms with Gasteiger partial charge in [0.05, 0.1) is 13.2 Å². The van der Waals surface area contributed by atoms with Crippen molar-refractivity contribution in [1.82, 2.24) is 15.0 Å². The Hall–Kier alpha value is -1.88. The van der Waals surface area contributed by atoms with Gasteiger partial charge in [-0.15, -0.1) is 0 Å². The van der Waals surface area contributed by atoms with E-state index in [1.54, 1.807) is 0 Å². The van der Waals surface area contributed by atoms with Crippen LogP contribution < -0.4 is 4.74 Å².